The summed E-state index contributed by atoms with van der Waals surface area (Å²) in [5.74, 6) is -0.780. The minimum atomic E-state index is -0.981. The van der Waals surface area contributed by atoms with Crippen molar-refractivity contribution in [3.05, 3.63) is 0 Å². The summed E-state index contributed by atoms with van der Waals surface area (Å²) in [6.07, 6.45) is 7.58. The maximum atomic E-state index is 12.0. The topological polar surface area (TPSA) is 58.6 Å². The molecule has 1 atom stereocenters. The lowest BCUT2D eigenvalue weighted by Gasteiger charge is -2.39. The molecular weight excluding hydrogens is 254 g/mol. The van der Waals surface area contributed by atoms with Crippen molar-refractivity contribution in [2.45, 2.75) is 95.4 Å². The number of hydrogen-bond acceptors (Lipinski definition) is 3. The minimum Gasteiger partial charge on any atom is -0.480 e. The molecule has 0 spiro atoms. The van der Waals surface area contributed by atoms with Crippen LogP contribution < -0.4 is 5.32 Å². The fraction of sp³-hybridized carbons (Fsp3) is 0.938. The first-order chi connectivity index (χ1) is 9.19. The standard InChI is InChI=1S/C16H29NO3/c1-14(2)11-16(13(18)19,15(3,4)20-14)17-12-9-7-5-6-8-10-12/h12,17H,5-11H2,1-4H3,(H,18,19). The van der Waals surface area contributed by atoms with Gasteiger partial charge >= 0.3 is 5.97 Å². The normalized spacial score (nSPS) is 33.8. The molecule has 2 rings (SSSR count). The van der Waals surface area contributed by atoms with E-state index in [9.17, 15) is 9.90 Å². The highest BCUT2D eigenvalue weighted by Gasteiger charge is 2.62. The van der Waals surface area contributed by atoms with Crippen LogP contribution in [-0.2, 0) is 9.53 Å². The van der Waals surface area contributed by atoms with Crippen molar-refractivity contribution in [1.29, 1.82) is 0 Å². The Labute approximate surface area is 122 Å². The molecule has 0 amide bonds. The SMILES string of the molecule is CC1(C)CC(NC2CCCCCC2)(C(=O)O)C(C)(C)O1. The van der Waals surface area contributed by atoms with E-state index in [4.69, 9.17) is 4.74 Å². The zero-order chi connectivity index (χ0) is 15.0. The second kappa shape index (κ2) is 5.30. The lowest BCUT2D eigenvalue weighted by molar-refractivity contribution is -0.154. The summed E-state index contributed by atoms with van der Waals surface area (Å²) in [4.78, 5) is 12.0. The number of carbonyl (C=O) groups is 1. The van der Waals surface area contributed by atoms with Gasteiger partial charge in [-0.05, 0) is 40.5 Å². The highest BCUT2D eigenvalue weighted by atomic mass is 16.5. The number of aliphatic carboxylic acids is 1. The molecule has 20 heavy (non-hydrogen) atoms. The lowest BCUT2D eigenvalue weighted by Crippen LogP contribution is -2.65. The average Bonchev–Trinajstić information content (AvgIpc) is 2.47. The van der Waals surface area contributed by atoms with Gasteiger partial charge in [0.2, 0.25) is 0 Å². The van der Waals surface area contributed by atoms with Crippen molar-refractivity contribution in [3.63, 3.8) is 0 Å². The molecule has 2 N–H and O–H groups in total. The monoisotopic (exact) mass is 283 g/mol. The first kappa shape index (κ1) is 15.8. The van der Waals surface area contributed by atoms with Crippen molar-refractivity contribution >= 4 is 5.97 Å². The molecule has 0 aromatic rings. The highest BCUT2D eigenvalue weighted by molar-refractivity contribution is 5.81. The van der Waals surface area contributed by atoms with E-state index in [1.807, 2.05) is 27.7 Å². The molecule has 1 heterocycles. The van der Waals surface area contributed by atoms with Crippen LogP contribution in [0.3, 0.4) is 0 Å². The first-order valence-electron chi connectivity index (χ1n) is 7.90. The largest absolute Gasteiger partial charge is 0.480 e. The van der Waals surface area contributed by atoms with E-state index in [0.29, 0.717) is 12.5 Å². The van der Waals surface area contributed by atoms with Crippen molar-refractivity contribution in [2.75, 3.05) is 0 Å². The maximum Gasteiger partial charge on any atom is 0.327 e. The summed E-state index contributed by atoms with van der Waals surface area (Å²) in [7, 11) is 0. The van der Waals surface area contributed by atoms with Crippen LogP contribution in [0.1, 0.15) is 72.6 Å². The molecular formula is C16H29NO3. The molecule has 1 unspecified atom stereocenters. The summed E-state index contributed by atoms with van der Waals surface area (Å²) >= 11 is 0. The zero-order valence-electron chi connectivity index (χ0n) is 13.3. The lowest BCUT2D eigenvalue weighted by atomic mass is 9.78. The van der Waals surface area contributed by atoms with Crippen LogP contribution >= 0.6 is 0 Å². The van der Waals surface area contributed by atoms with Crippen LogP contribution in [0.15, 0.2) is 0 Å². The fourth-order valence-corrected chi connectivity index (χ4v) is 4.06. The van der Waals surface area contributed by atoms with Gasteiger partial charge < -0.3 is 9.84 Å². The molecule has 0 bridgehead atoms. The molecule has 0 radical (unpaired) electrons. The molecule has 1 saturated heterocycles. The Kier molecular flexibility index (Phi) is 4.18. The maximum absolute atomic E-state index is 12.0. The van der Waals surface area contributed by atoms with Gasteiger partial charge in [0.25, 0.3) is 0 Å². The van der Waals surface area contributed by atoms with Crippen LogP contribution in [0, 0.1) is 0 Å². The molecule has 4 nitrogen and oxygen atoms in total. The van der Waals surface area contributed by atoms with Gasteiger partial charge in [-0.25, -0.2) is 0 Å². The Bertz CT molecular complexity index is 370. The third-order valence-corrected chi connectivity index (χ3v) is 4.92. The molecule has 0 aromatic heterocycles. The quantitative estimate of drug-likeness (QED) is 0.781. The Hall–Kier alpha value is -0.610. The van der Waals surface area contributed by atoms with Crippen LogP contribution in [0.2, 0.25) is 0 Å². The number of hydrogen-bond donors (Lipinski definition) is 2. The van der Waals surface area contributed by atoms with Crippen LogP contribution in [0.4, 0.5) is 0 Å². The van der Waals surface area contributed by atoms with Gasteiger partial charge in [0.1, 0.15) is 5.54 Å². The van der Waals surface area contributed by atoms with Gasteiger partial charge in [-0.15, -0.1) is 0 Å². The summed E-state index contributed by atoms with van der Waals surface area (Å²) in [5.41, 5.74) is -2.08. The van der Waals surface area contributed by atoms with E-state index in [2.05, 4.69) is 5.32 Å². The van der Waals surface area contributed by atoms with E-state index in [-0.39, 0.29) is 0 Å². The van der Waals surface area contributed by atoms with Crippen molar-refractivity contribution in [1.82, 2.24) is 5.32 Å². The van der Waals surface area contributed by atoms with Gasteiger partial charge in [0.15, 0.2) is 0 Å². The van der Waals surface area contributed by atoms with E-state index < -0.39 is 22.7 Å². The third kappa shape index (κ3) is 2.86. The van der Waals surface area contributed by atoms with Gasteiger partial charge in [0.05, 0.1) is 11.2 Å². The zero-order valence-corrected chi connectivity index (χ0v) is 13.3. The Morgan fingerprint density at radius 2 is 1.65 bits per heavy atom. The second-order valence-electron chi connectivity index (χ2n) is 7.59. The van der Waals surface area contributed by atoms with E-state index in [0.717, 1.165) is 12.8 Å². The summed E-state index contributed by atoms with van der Waals surface area (Å²) in [6.45, 7) is 7.77. The van der Waals surface area contributed by atoms with Gasteiger partial charge in [0, 0.05) is 12.5 Å². The van der Waals surface area contributed by atoms with Crippen LogP contribution in [-0.4, -0.2) is 33.9 Å². The predicted octanol–water partition coefficient (Wildman–Crippen LogP) is 3.10. The fourth-order valence-electron chi connectivity index (χ4n) is 4.06. The number of ether oxygens (including phenoxy) is 1. The summed E-state index contributed by atoms with van der Waals surface area (Å²) in [5, 5.41) is 13.4. The van der Waals surface area contributed by atoms with Gasteiger partial charge in [-0.2, -0.15) is 0 Å². The van der Waals surface area contributed by atoms with Crippen molar-refractivity contribution in [2.24, 2.45) is 0 Å². The molecule has 2 aliphatic rings. The van der Waals surface area contributed by atoms with Crippen LogP contribution in [0.5, 0.6) is 0 Å². The number of carboxylic acid groups (broad SMARTS) is 1. The van der Waals surface area contributed by atoms with Crippen LogP contribution in [0.25, 0.3) is 0 Å². The third-order valence-electron chi connectivity index (χ3n) is 4.92. The Morgan fingerprint density at radius 1 is 1.10 bits per heavy atom. The second-order valence-corrected chi connectivity index (χ2v) is 7.59. The van der Waals surface area contributed by atoms with Crippen molar-refractivity contribution in [3.8, 4) is 0 Å². The number of rotatable bonds is 3. The molecule has 1 aliphatic carbocycles. The average molecular weight is 283 g/mol. The number of nitrogens with one attached hydrogen (secondary N) is 1. The molecule has 1 aliphatic heterocycles. The molecule has 1 saturated carbocycles. The molecule has 2 fully saturated rings. The Balaban J connectivity index is 2.23. The number of carboxylic acids is 1. The van der Waals surface area contributed by atoms with Gasteiger partial charge in [-0.1, -0.05) is 25.7 Å². The van der Waals surface area contributed by atoms with E-state index in [1.165, 1.54) is 25.7 Å². The Morgan fingerprint density at radius 3 is 2.05 bits per heavy atom. The summed E-state index contributed by atoms with van der Waals surface area (Å²) < 4.78 is 6.04. The summed E-state index contributed by atoms with van der Waals surface area (Å²) in [6, 6.07) is 0.297. The van der Waals surface area contributed by atoms with E-state index >= 15 is 0 Å². The molecule has 116 valence electrons. The minimum absolute atomic E-state index is 0.297. The predicted molar refractivity (Wildman–Crippen MR) is 78.9 cm³/mol. The molecule has 4 heteroatoms. The van der Waals surface area contributed by atoms with E-state index in [1.54, 1.807) is 0 Å². The smallest absolute Gasteiger partial charge is 0.327 e. The first-order valence-corrected chi connectivity index (χ1v) is 7.90. The molecule has 0 aromatic carbocycles. The highest BCUT2D eigenvalue weighted by Crippen LogP contribution is 2.45. The van der Waals surface area contributed by atoms with Gasteiger partial charge in [-0.3, -0.25) is 10.1 Å². The van der Waals surface area contributed by atoms with Crippen molar-refractivity contribution < 1.29 is 14.6 Å².